The van der Waals surface area contributed by atoms with Crippen molar-refractivity contribution < 1.29 is 23.7 Å². The van der Waals surface area contributed by atoms with Crippen LogP contribution < -0.4 is 19.6 Å². The molecule has 1 aliphatic rings. The molecule has 0 fully saturated rings. The second kappa shape index (κ2) is 8.11. The van der Waals surface area contributed by atoms with Crippen LogP contribution in [0.25, 0.3) is 28.2 Å². The lowest BCUT2D eigenvalue weighted by molar-refractivity contribution is 0.158. The Balaban J connectivity index is 1.81. The first-order valence-corrected chi connectivity index (χ1v) is 10.3. The van der Waals surface area contributed by atoms with Crippen LogP contribution in [0.15, 0.2) is 57.5 Å². The lowest BCUT2D eigenvalue weighted by atomic mass is 9.98. The summed E-state index contributed by atoms with van der Waals surface area (Å²) in [5, 5.41) is 10.9. The molecule has 1 N–H and O–H groups in total. The van der Waals surface area contributed by atoms with Crippen molar-refractivity contribution in [3.8, 4) is 34.1 Å². The molecule has 0 bridgehead atoms. The molecular formula is C26H26O6. The van der Waals surface area contributed by atoms with E-state index in [-0.39, 0.29) is 16.7 Å². The van der Waals surface area contributed by atoms with Crippen LogP contribution in [0.1, 0.15) is 33.3 Å². The minimum atomic E-state index is -0.479. The molecule has 1 aromatic heterocycles. The van der Waals surface area contributed by atoms with Gasteiger partial charge >= 0.3 is 0 Å². The van der Waals surface area contributed by atoms with Crippen LogP contribution in [0.2, 0.25) is 0 Å². The molecule has 0 saturated heterocycles. The molecule has 6 nitrogen and oxygen atoms in total. The van der Waals surface area contributed by atoms with E-state index in [1.165, 1.54) is 19.4 Å². The number of fused-ring (bicyclic) bond motifs is 2. The normalized spacial score (nSPS) is 13.9. The number of hydrogen-bond donors (Lipinski definition) is 1. The summed E-state index contributed by atoms with van der Waals surface area (Å²) in [5.74, 6) is 1.39. The van der Waals surface area contributed by atoms with Gasteiger partial charge in [0.1, 0.15) is 52.4 Å². The molecule has 166 valence electrons. The molecule has 1 aliphatic heterocycles. The lowest BCUT2D eigenvalue weighted by Crippen LogP contribution is -2.27. The molecule has 0 amide bonds. The van der Waals surface area contributed by atoms with Crippen LogP contribution in [-0.4, -0.2) is 24.4 Å². The van der Waals surface area contributed by atoms with Crippen molar-refractivity contribution in [1.29, 1.82) is 0 Å². The number of phenolic OH excluding ortho intramolecular Hbond substituents is 1. The predicted molar refractivity (Wildman–Crippen MR) is 125 cm³/mol. The Bertz CT molecular complexity index is 1310. The average molecular weight is 434 g/mol. The highest BCUT2D eigenvalue weighted by Gasteiger charge is 2.27. The summed E-state index contributed by atoms with van der Waals surface area (Å²) in [6.07, 6.45) is 7.09. The van der Waals surface area contributed by atoms with E-state index in [1.54, 1.807) is 18.2 Å². The molecule has 4 rings (SSSR count). The molecule has 0 unspecified atom stereocenters. The van der Waals surface area contributed by atoms with Gasteiger partial charge in [-0.25, -0.2) is 0 Å². The van der Waals surface area contributed by atoms with E-state index in [1.807, 2.05) is 45.9 Å². The van der Waals surface area contributed by atoms with E-state index in [2.05, 4.69) is 0 Å². The molecule has 0 aliphatic carbocycles. The third-order valence-electron chi connectivity index (χ3n) is 5.25. The Labute approximate surface area is 186 Å². The van der Waals surface area contributed by atoms with Gasteiger partial charge in [-0.1, -0.05) is 5.57 Å². The molecule has 32 heavy (non-hydrogen) atoms. The first kappa shape index (κ1) is 21.6. The van der Waals surface area contributed by atoms with Crippen LogP contribution in [0.3, 0.4) is 0 Å². The molecule has 0 radical (unpaired) electrons. The highest BCUT2D eigenvalue weighted by atomic mass is 16.5. The zero-order chi connectivity index (χ0) is 23.0. The van der Waals surface area contributed by atoms with E-state index in [0.29, 0.717) is 46.0 Å². The predicted octanol–water partition coefficient (Wildman–Crippen LogP) is 5.70. The summed E-state index contributed by atoms with van der Waals surface area (Å²) in [6.45, 7) is 8.25. The van der Waals surface area contributed by atoms with Crippen molar-refractivity contribution in [2.45, 2.75) is 33.3 Å². The fourth-order valence-corrected chi connectivity index (χ4v) is 3.62. The Morgan fingerprint density at radius 1 is 1.19 bits per heavy atom. The standard InChI is InChI=1S/C26H26O6/c1-15(2)9-11-30-16-6-7-17(20(27)12-16)19-14-31-22-13-21-18(8-10-26(3,4)32-21)25(29-5)23(22)24(19)28/h6-10,12-14,27H,11H2,1-5H3. The fourth-order valence-electron chi connectivity index (χ4n) is 3.62. The van der Waals surface area contributed by atoms with Gasteiger partial charge in [-0.2, -0.15) is 0 Å². The van der Waals surface area contributed by atoms with Gasteiger partial charge in [0.2, 0.25) is 5.43 Å². The van der Waals surface area contributed by atoms with Crippen molar-refractivity contribution >= 4 is 17.0 Å². The van der Waals surface area contributed by atoms with Gasteiger partial charge in [-0.3, -0.25) is 4.79 Å². The second-order valence-corrected chi connectivity index (χ2v) is 8.48. The maximum absolute atomic E-state index is 13.5. The first-order chi connectivity index (χ1) is 15.2. The zero-order valence-corrected chi connectivity index (χ0v) is 18.8. The monoisotopic (exact) mass is 434 g/mol. The van der Waals surface area contributed by atoms with Crippen molar-refractivity contribution in [2.75, 3.05) is 13.7 Å². The highest BCUT2D eigenvalue weighted by molar-refractivity contribution is 5.93. The number of phenols is 1. The lowest BCUT2D eigenvalue weighted by Gasteiger charge is -2.28. The minimum Gasteiger partial charge on any atom is -0.507 e. The minimum absolute atomic E-state index is 0.0757. The van der Waals surface area contributed by atoms with Crippen molar-refractivity contribution in [2.24, 2.45) is 0 Å². The number of aromatic hydroxyl groups is 1. The number of benzene rings is 2. The number of allylic oxidation sites excluding steroid dienone is 1. The molecular weight excluding hydrogens is 408 g/mol. The Hall–Kier alpha value is -3.67. The maximum atomic E-state index is 13.5. The molecule has 0 atom stereocenters. The molecule has 2 heterocycles. The molecule has 6 heteroatoms. The maximum Gasteiger partial charge on any atom is 0.204 e. The van der Waals surface area contributed by atoms with Gasteiger partial charge in [-0.05, 0) is 58.1 Å². The Morgan fingerprint density at radius 3 is 2.66 bits per heavy atom. The summed E-state index contributed by atoms with van der Waals surface area (Å²) in [4.78, 5) is 13.5. The van der Waals surface area contributed by atoms with E-state index in [9.17, 15) is 9.90 Å². The van der Waals surface area contributed by atoms with Gasteiger partial charge in [0.05, 0.1) is 18.2 Å². The van der Waals surface area contributed by atoms with Gasteiger partial charge in [0, 0.05) is 17.7 Å². The third kappa shape index (κ3) is 3.96. The zero-order valence-electron chi connectivity index (χ0n) is 18.8. The Morgan fingerprint density at radius 2 is 1.97 bits per heavy atom. The Kier molecular flexibility index (Phi) is 5.46. The van der Waals surface area contributed by atoms with E-state index in [4.69, 9.17) is 18.6 Å². The van der Waals surface area contributed by atoms with E-state index < -0.39 is 5.60 Å². The van der Waals surface area contributed by atoms with Gasteiger partial charge < -0.3 is 23.7 Å². The van der Waals surface area contributed by atoms with Crippen LogP contribution in [0.5, 0.6) is 23.0 Å². The first-order valence-electron chi connectivity index (χ1n) is 10.3. The van der Waals surface area contributed by atoms with Crippen LogP contribution >= 0.6 is 0 Å². The van der Waals surface area contributed by atoms with Crippen molar-refractivity contribution in [3.05, 3.63) is 64.0 Å². The SMILES string of the molecule is COc1c2c(cc3occ(-c4ccc(OCC=C(C)C)cc4O)c(=O)c13)OC(C)(C)C=C2. The molecule has 3 aromatic rings. The summed E-state index contributed by atoms with van der Waals surface area (Å²) < 4.78 is 23.0. The van der Waals surface area contributed by atoms with Crippen molar-refractivity contribution in [3.63, 3.8) is 0 Å². The van der Waals surface area contributed by atoms with Crippen molar-refractivity contribution in [1.82, 2.24) is 0 Å². The fraction of sp³-hybridized carbons (Fsp3) is 0.269. The van der Waals surface area contributed by atoms with Crippen LogP contribution in [-0.2, 0) is 0 Å². The quantitative estimate of drug-likeness (QED) is 0.519. The van der Waals surface area contributed by atoms with E-state index >= 15 is 0 Å². The molecule has 0 saturated carbocycles. The largest absolute Gasteiger partial charge is 0.507 e. The van der Waals surface area contributed by atoms with Crippen LogP contribution in [0, 0.1) is 0 Å². The summed E-state index contributed by atoms with van der Waals surface area (Å²) in [5.41, 5.74) is 1.95. The van der Waals surface area contributed by atoms with Gasteiger partial charge in [0.15, 0.2) is 0 Å². The second-order valence-electron chi connectivity index (χ2n) is 8.48. The summed E-state index contributed by atoms with van der Waals surface area (Å²) >= 11 is 0. The van der Waals surface area contributed by atoms with Crippen LogP contribution in [0.4, 0.5) is 0 Å². The third-order valence-corrected chi connectivity index (χ3v) is 5.25. The smallest absolute Gasteiger partial charge is 0.204 e. The van der Waals surface area contributed by atoms with Gasteiger partial charge in [0.25, 0.3) is 0 Å². The number of ether oxygens (including phenoxy) is 3. The topological polar surface area (TPSA) is 78.1 Å². The number of methoxy groups -OCH3 is 1. The number of rotatable bonds is 5. The summed E-state index contributed by atoms with van der Waals surface area (Å²) in [7, 11) is 1.50. The summed E-state index contributed by atoms with van der Waals surface area (Å²) in [6, 6.07) is 6.53. The number of hydrogen-bond acceptors (Lipinski definition) is 6. The van der Waals surface area contributed by atoms with E-state index in [0.717, 1.165) is 5.57 Å². The average Bonchev–Trinajstić information content (AvgIpc) is 2.72. The molecule has 2 aromatic carbocycles. The molecule has 0 spiro atoms. The van der Waals surface area contributed by atoms with Gasteiger partial charge in [-0.15, -0.1) is 0 Å². The highest BCUT2D eigenvalue weighted by Crippen LogP contribution is 2.42.